The van der Waals surface area contributed by atoms with Crippen LogP contribution in [0.3, 0.4) is 0 Å². The fourth-order valence-electron chi connectivity index (χ4n) is 1.53. The van der Waals surface area contributed by atoms with E-state index in [1.807, 2.05) is 19.1 Å². The van der Waals surface area contributed by atoms with Gasteiger partial charge in [-0.3, -0.25) is 4.79 Å². The average Bonchev–Trinajstić information content (AvgIpc) is 2.72. The maximum atomic E-state index is 10.9. The van der Waals surface area contributed by atoms with Crippen molar-refractivity contribution in [3.8, 4) is 11.5 Å². The van der Waals surface area contributed by atoms with E-state index >= 15 is 0 Å². The minimum Gasteiger partial charge on any atom is -0.454 e. The summed E-state index contributed by atoms with van der Waals surface area (Å²) in [6, 6.07) is 3.72. The Bertz CT molecular complexity index is 417. The van der Waals surface area contributed by atoms with Crippen LogP contribution in [0.5, 0.6) is 11.5 Å². The SMILES string of the molecule is Cc1cc2c(cc1CNC(=O)CO)OCO2. The van der Waals surface area contributed by atoms with E-state index in [9.17, 15) is 4.79 Å². The van der Waals surface area contributed by atoms with Gasteiger partial charge < -0.3 is 19.9 Å². The molecule has 1 aliphatic heterocycles. The van der Waals surface area contributed by atoms with E-state index in [0.29, 0.717) is 12.3 Å². The number of amides is 1. The van der Waals surface area contributed by atoms with Crippen LogP contribution in [0.25, 0.3) is 0 Å². The minimum atomic E-state index is -0.496. The molecule has 0 fully saturated rings. The number of fused-ring (bicyclic) bond motifs is 1. The number of rotatable bonds is 3. The molecule has 2 N–H and O–H groups in total. The number of aryl methyl sites for hydroxylation is 1. The molecule has 5 heteroatoms. The van der Waals surface area contributed by atoms with E-state index in [1.165, 1.54) is 0 Å². The average molecular weight is 223 g/mol. The van der Waals surface area contributed by atoms with Gasteiger partial charge in [-0.2, -0.15) is 0 Å². The van der Waals surface area contributed by atoms with Gasteiger partial charge in [0.05, 0.1) is 0 Å². The maximum Gasteiger partial charge on any atom is 0.245 e. The standard InChI is InChI=1S/C11H13NO4/c1-7-2-9-10(16-6-15-9)3-8(7)4-12-11(14)5-13/h2-3,13H,4-6H2,1H3,(H,12,14). The zero-order chi connectivity index (χ0) is 11.5. The first-order valence-electron chi connectivity index (χ1n) is 4.97. The quantitative estimate of drug-likeness (QED) is 0.775. The van der Waals surface area contributed by atoms with Crippen LogP contribution in [-0.2, 0) is 11.3 Å². The summed E-state index contributed by atoms with van der Waals surface area (Å²) < 4.78 is 10.5. The lowest BCUT2D eigenvalue weighted by Gasteiger charge is -2.08. The van der Waals surface area contributed by atoms with Crippen LogP contribution >= 0.6 is 0 Å². The smallest absolute Gasteiger partial charge is 0.245 e. The molecule has 0 aromatic heterocycles. The summed E-state index contributed by atoms with van der Waals surface area (Å²) in [5.74, 6) is 1.03. The number of carbonyl (C=O) groups is 1. The third-order valence-electron chi connectivity index (χ3n) is 2.45. The topological polar surface area (TPSA) is 67.8 Å². The van der Waals surface area contributed by atoms with Crippen LogP contribution in [0.2, 0.25) is 0 Å². The number of aliphatic hydroxyl groups is 1. The number of benzene rings is 1. The van der Waals surface area contributed by atoms with Gasteiger partial charge in [-0.1, -0.05) is 0 Å². The third kappa shape index (κ3) is 2.09. The second kappa shape index (κ2) is 4.40. The summed E-state index contributed by atoms with van der Waals surface area (Å²) in [5, 5.41) is 11.2. The lowest BCUT2D eigenvalue weighted by molar-refractivity contribution is -0.123. The lowest BCUT2D eigenvalue weighted by Crippen LogP contribution is -2.25. The van der Waals surface area contributed by atoms with Gasteiger partial charge in [0.2, 0.25) is 12.7 Å². The van der Waals surface area contributed by atoms with E-state index < -0.39 is 12.5 Å². The van der Waals surface area contributed by atoms with E-state index in [1.54, 1.807) is 0 Å². The molecule has 1 aliphatic rings. The highest BCUT2D eigenvalue weighted by atomic mass is 16.7. The van der Waals surface area contributed by atoms with Crippen molar-refractivity contribution in [2.45, 2.75) is 13.5 Å². The Morgan fingerprint density at radius 1 is 1.44 bits per heavy atom. The zero-order valence-corrected chi connectivity index (χ0v) is 8.95. The number of hydrogen-bond acceptors (Lipinski definition) is 4. The Balaban J connectivity index is 2.12. The number of hydrogen-bond donors (Lipinski definition) is 2. The summed E-state index contributed by atoms with van der Waals surface area (Å²) in [4.78, 5) is 10.9. The normalized spacial score (nSPS) is 12.6. The molecule has 0 spiro atoms. The van der Waals surface area contributed by atoms with E-state index in [0.717, 1.165) is 16.9 Å². The van der Waals surface area contributed by atoms with Crippen LogP contribution in [0, 0.1) is 6.92 Å². The van der Waals surface area contributed by atoms with Crippen molar-refractivity contribution in [2.75, 3.05) is 13.4 Å². The van der Waals surface area contributed by atoms with Crippen LogP contribution in [-0.4, -0.2) is 24.4 Å². The molecular formula is C11H13NO4. The van der Waals surface area contributed by atoms with Crippen LogP contribution < -0.4 is 14.8 Å². The van der Waals surface area contributed by atoms with Crippen molar-refractivity contribution in [1.29, 1.82) is 0 Å². The van der Waals surface area contributed by atoms with Gasteiger partial charge in [0.25, 0.3) is 0 Å². The number of nitrogens with one attached hydrogen (secondary N) is 1. The second-order valence-corrected chi connectivity index (χ2v) is 3.57. The summed E-state index contributed by atoms with van der Waals surface area (Å²) >= 11 is 0. The summed E-state index contributed by atoms with van der Waals surface area (Å²) in [5.41, 5.74) is 1.97. The number of aliphatic hydroxyl groups excluding tert-OH is 1. The molecule has 0 atom stereocenters. The Morgan fingerprint density at radius 2 is 2.12 bits per heavy atom. The second-order valence-electron chi connectivity index (χ2n) is 3.57. The molecule has 0 unspecified atom stereocenters. The van der Waals surface area contributed by atoms with Crippen molar-refractivity contribution >= 4 is 5.91 Å². The van der Waals surface area contributed by atoms with Gasteiger partial charge in [-0.25, -0.2) is 0 Å². The molecule has 0 bridgehead atoms. The summed E-state index contributed by atoms with van der Waals surface area (Å²) in [7, 11) is 0. The molecule has 0 saturated carbocycles. The lowest BCUT2D eigenvalue weighted by atomic mass is 10.1. The Labute approximate surface area is 93.0 Å². The molecule has 16 heavy (non-hydrogen) atoms. The van der Waals surface area contributed by atoms with Crippen molar-refractivity contribution in [3.05, 3.63) is 23.3 Å². The Kier molecular flexibility index (Phi) is 2.96. The van der Waals surface area contributed by atoms with Gasteiger partial charge in [0.15, 0.2) is 11.5 Å². The summed E-state index contributed by atoms with van der Waals surface area (Å²) in [6.07, 6.45) is 0. The minimum absolute atomic E-state index is 0.237. The molecule has 1 amide bonds. The third-order valence-corrected chi connectivity index (χ3v) is 2.45. The van der Waals surface area contributed by atoms with Crippen molar-refractivity contribution in [1.82, 2.24) is 5.32 Å². The van der Waals surface area contributed by atoms with E-state index in [4.69, 9.17) is 14.6 Å². The van der Waals surface area contributed by atoms with Crippen molar-refractivity contribution in [2.24, 2.45) is 0 Å². The molecule has 1 heterocycles. The van der Waals surface area contributed by atoms with Gasteiger partial charge in [-0.05, 0) is 30.2 Å². The maximum absolute atomic E-state index is 10.9. The predicted molar refractivity (Wildman–Crippen MR) is 56.2 cm³/mol. The molecule has 1 aromatic carbocycles. The largest absolute Gasteiger partial charge is 0.454 e. The molecular weight excluding hydrogens is 210 g/mol. The Hall–Kier alpha value is -1.75. The molecule has 2 rings (SSSR count). The van der Waals surface area contributed by atoms with Gasteiger partial charge in [0.1, 0.15) is 6.61 Å². The zero-order valence-electron chi connectivity index (χ0n) is 8.95. The highest BCUT2D eigenvalue weighted by Crippen LogP contribution is 2.34. The predicted octanol–water partition coefficient (Wildman–Crippen LogP) is 0.332. The number of ether oxygens (including phenoxy) is 2. The fraction of sp³-hybridized carbons (Fsp3) is 0.364. The number of carbonyl (C=O) groups excluding carboxylic acids is 1. The fourth-order valence-corrected chi connectivity index (χ4v) is 1.53. The highest BCUT2D eigenvalue weighted by molar-refractivity contribution is 5.76. The molecule has 86 valence electrons. The first-order valence-corrected chi connectivity index (χ1v) is 4.97. The molecule has 0 saturated heterocycles. The monoisotopic (exact) mass is 223 g/mol. The summed E-state index contributed by atoms with van der Waals surface area (Å²) in [6.45, 7) is 2.05. The molecule has 0 radical (unpaired) electrons. The molecule has 1 aromatic rings. The first kappa shape index (κ1) is 10.8. The van der Waals surface area contributed by atoms with Crippen molar-refractivity contribution < 1.29 is 19.4 Å². The van der Waals surface area contributed by atoms with Gasteiger partial charge in [-0.15, -0.1) is 0 Å². The van der Waals surface area contributed by atoms with Crippen LogP contribution in [0.4, 0.5) is 0 Å². The highest BCUT2D eigenvalue weighted by Gasteiger charge is 2.15. The van der Waals surface area contributed by atoms with Crippen molar-refractivity contribution in [3.63, 3.8) is 0 Å². The first-order chi connectivity index (χ1) is 7.70. The van der Waals surface area contributed by atoms with E-state index in [-0.39, 0.29) is 6.79 Å². The van der Waals surface area contributed by atoms with E-state index in [2.05, 4.69) is 5.32 Å². The van der Waals surface area contributed by atoms with Gasteiger partial charge in [0, 0.05) is 6.54 Å². The van der Waals surface area contributed by atoms with Gasteiger partial charge >= 0.3 is 0 Å². The van der Waals surface area contributed by atoms with Crippen LogP contribution in [0.1, 0.15) is 11.1 Å². The Morgan fingerprint density at radius 3 is 2.81 bits per heavy atom. The molecule has 5 nitrogen and oxygen atoms in total. The molecule has 0 aliphatic carbocycles. The van der Waals surface area contributed by atoms with Crippen LogP contribution in [0.15, 0.2) is 12.1 Å².